The van der Waals surface area contributed by atoms with Crippen molar-refractivity contribution in [3.05, 3.63) is 70.5 Å². The zero-order chi connectivity index (χ0) is 17.8. The maximum atomic E-state index is 6.05. The van der Waals surface area contributed by atoms with E-state index < -0.39 is 0 Å². The minimum absolute atomic E-state index is 0.181. The predicted octanol–water partition coefficient (Wildman–Crippen LogP) is 5.21. The summed E-state index contributed by atoms with van der Waals surface area (Å²) >= 11 is 7.67. The Bertz CT molecular complexity index is 865. The molecule has 0 aliphatic heterocycles. The first kappa shape index (κ1) is 17.8. The molecule has 1 atom stereocenters. The molecule has 0 radical (unpaired) electrons. The fourth-order valence-electron chi connectivity index (χ4n) is 2.51. The maximum Gasteiger partial charge on any atom is 0.191 e. The van der Waals surface area contributed by atoms with Crippen LogP contribution in [0.15, 0.2) is 53.7 Å². The Kier molecular flexibility index (Phi) is 5.66. The Morgan fingerprint density at radius 1 is 1.16 bits per heavy atom. The molecular weight excluding hydrogens is 354 g/mol. The summed E-state index contributed by atoms with van der Waals surface area (Å²) in [4.78, 5) is 0. The highest BCUT2D eigenvalue weighted by molar-refractivity contribution is 7.98. The van der Waals surface area contributed by atoms with Crippen LogP contribution < -0.4 is 4.74 Å². The SMILES string of the molecule is Cc1ccccc1OC(C)c1nnc(SCc2cccc(Cl)c2)n1C. The normalized spacial score (nSPS) is 12.2. The number of halogens is 1. The van der Waals surface area contributed by atoms with Crippen LogP contribution in [0.1, 0.15) is 30.0 Å². The number of ether oxygens (including phenoxy) is 1. The van der Waals surface area contributed by atoms with Crippen molar-refractivity contribution in [2.75, 3.05) is 0 Å². The van der Waals surface area contributed by atoms with E-state index >= 15 is 0 Å². The number of rotatable bonds is 6. The van der Waals surface area contributed by atoms with Crippen LogP contribution in [0.4, 0.5) is 0 Å². The van der Waals surface area contributed by atoms with Gasteiger partial charge in [-0.3, -0.25) is 0 Å². The second-order valence-corrected chi connectivity index (χ2v) is 7.22. The van der Waals surface area contributed by atoms with Gasteiger partial charge in [0.2, 0.25) is 0 Å². The molecule has 1 aromatic heterocycles. The molecule has 3 aromatic rings. The predicted molar refractivity (Wildman–Crippen MR) is 102 cm³/mol. The number of para-hydroxylation sites is 1. The van der Waals surface area contributed by atoms with E-state index in [9.17, 15) is 0 Å². The average Bonchev–Trinajstić information content (AvgIpc) is 2.96. The highest BCUT2D eigenvalue weighted by Gasteiger charge is 2.18. The van der Waals surface area contributed by atoms with Gasteiger partial charge in [-0.25, -0.2) is 0 Å². The summed E-state index contributed by atoms with van der Waals surface area (Å²) in [7, 11) is 1.97. The molecular formula is C19H20ClN3OS. The van der Waals surface area contributed by atoms with Gasteiger partial charge in [0.1, 0.15) is 5.75 Å². The summed E-state index contributed by atoms with van der Waals surface area (Å²) in [6.07, 6.45) is -0.181. The van der Waals surface area contributed by atoms with Crippen molar-refractivity contribution in [1.82, 2.24) is 14.8 Å². The second-order valence-electron chi connectivity index (χ2n) is 5.84. The van der Waals surface area contributed by atoms with E-state index in [0.29, 0.717) is 0 Å². The van der Waals surface area contributed by atoms with Crippen molar-refractivity contribution >= 4 is 23.4 Å². The molecule has 0 saturated carbocycles. The maximum absolute atomic E-state index is 6.05. The third-order valence-corrected chi connectivity index (χ3v) is 5.21. The fourth-order valence-corrected chi connectivity index (χ4v) is 3.59. The van der Waals surface area contributed by atoms with Gasteiger partial charge in [0, 0.05) is 17.8 Å². The molecule has 0 amide bonds. The van der Waals surface area contributed by atoms with Gasteiger partial charge in [-0.15, -0.1) is 10.2 Å². The molecule has 6 heteroatoms. The first-order chi connectivity index (χ1) is 12.0. The zero-order valence-electron chi connectivity index (χ0n) is 14.4. The van der Waals surface area contributed by atoms with Gasteiger partial charge < -0.3 is 9.30 Å². The van der Waals surface area contributed by atoms with Crippen LogP contribution in [0, 0.1) is 6.92 Å². The van der Waals surface area contributed by atoms with Crippen LogP contribution in [0.25, 0.3) is 0 Å². The van der Waals surface area contributed by atoms with Crippen molar-refractivity contribution in [2.24, 2.45) is 7.05 Å². The molecule has 25 heavy (non-hydrogen) atoms. The Balaban J connectivity index is 1.69. The Hall–Kier alpha value is -1.98. The van der Waals surface area contributed by atoms with Crippen molar-refractivity contribution in [1.29, 1.82) is 0 Å². The number of nitrogens with zero attached hydrogens (tertiary/aromatic N) is 3. The number of thioether (sulfide) groups is 1. The largest absolute Gasteiger partial charge is 0.482 e. The minimum Gasteiger partial charge on any atom is -0.482 e. The van der Waals surface area contributed by atoms with Crippen LogP contribution >= 0.6 is 23.4 Å². The quantitative estimate of drug-likeness (QED) is 0.556. The third-order valence-electron chi connectivity index (χ3n) is 3.89. The summed E-state index contributed by atoms with van der Waals surface area (Å²) in [5.74, 6) is 2.46. The average molecular weight is 374 g/mol. The number of hydrogen-bond donors (Lipinski definition) is 0. The Labute approximate surface area is 157 Å². The van der Waals surface area contributed by atoms with Crippen LogP contribution in [0.3, 0.4) is 0 Å². The molecule has 0 saturated heterocycles. The monoisotopic (exact) mass is 373 g/mol. The number of benzene rings is 2. The van der Waals surface area contributed by atoms with E-state index in [4.69, 9.17) is 16.3 Å². The summed E-state index contributed by atoms with van der Waals surface area (Å²) < 4.78 is 8.04. The van der Waals surface area contributed by atoms with Crippen LogP contribution in [-0.2, 0) is 12.8 Å². The van der Waals surface area contributed by atoms with Crippen LogP contribution in [-0.4, -0.2) is 14.8 Å². The minimum atomic E-state index is -0.181. The lowest BCUT2D eigenvalue weighted by molar-refractivity contribution is 0.210. The van der Waals surface area contributed by atoms with E-state index in [1.165, 1.54) is 0 Å². The van der Waals surface area contributed by atoms with Gasteiger partial charge in [-0.1, -0.05) is 53.7 Å². The van der Waals surface area contributed by atoms with E-state index in [1.807, 2.05) is 67.9 Å². The van der Waals surface area contributed by atoms with E-state index in [2.05, 4.69) is 16.3 Å². The van der Waals surface area contributed by atoms with Crippen LogP contribution in [0.2, 0.25) is 5.02 Å². The van der Waals surface area contributed by atoms with Crippen LogP contribution in [0.5, 0.6) is 5.75 Å². The summed E-state index contributed by atoms with van der Waals surface area (Å²) in [6, 6.07) is 15.8. The molecule has 0 bridgehead atoms. The van der Waals surface area contributed by atoms with Gasteiger partial charge in [0.15, 0.2) is 17.1 Å². The lowest BCUT2D eigenvalue weighted by Gasteiger charge is -2.15. The van der Waals surface area contributed by atoms with Gasteiger partial charge in [0.25, 0.3) is 0 Å². The first-order valence-electron chi connectivity index (χ1n) is 8.03. The molecule has 0 spiro atoms. The second kappa shape index (κ2) is 7.93. The molecule has 2 aromatic carbocycles. The highest BCUT2D eigenvalue weighted by atomic mass is 35.5. The number of hydrogen-bond acceptors (Lipinski definition) is 4. The fraction of sp³-hybridized carbons (Fsp3) is 0.263. The standard InChI is InChI=1S/C19H20ClN3OS/c1-13-7-4-5-10-17(13)24-14(2)18-21-22-19(23(18)3)25-12-15-8-6-9-16(20)11-15/h4-11,14H,12H2,1-3H3. The number of aryl methyl sites for hydroxylation is 1. The topological polar surface area (TPSA) is 39.9 Å². The number of aromatic nitrogens is 3. The van der Waals surface area contributed by atoms with E-state index in [0.717, 1.165) is 38.6 Å². The smallest absolute Gasteiger partial charge is 0.191 e. The summed E-state index contributed by atoms with van der Waals surface area (Å²) in [5, 5.41) is 10.2. The molecule has 0 aliphatic carbocycles. The molecule has 0 aliphatic rings. The summed E-state index contributed by atoms with van der Waals surface area (Å²) in [5.41, 5.74) is 2.26. The van der Waals surface area contributed by atoms with Crippen molar-refractivity contribution < 1.29 is 4.74 Å². The van der Waals surface area contributed by atoms with Gasteiger partial charge in [-0.2, -0.15) is 0 Å². The molecule has 3 rings (SSSR count). The lowest BCUT2D eigenvalue weighted by atomic mass is 10.2. The molecule has 0 N–H and O–H groups in total. The Morgan fingerprint density at radius 2 is 1.96 bits per heavy atom. The zero-order valence-corrected chi connectivity index (χ0v) is 16.0. The van der Waals surface area contributed by atoms with Crippen molar-refractivity contribution in [3.63, 3.8) is 0 Å². The molecule has 0 fully saturated rings. The van der Waals surface area contributed by atoms with Crippen molar-refractivity contribution in [3.8, 4) is 5.75 Å². The molecule has 130 valence electrons. The summed E-state index contributed by atoms with van der Waals surface area (Å²) in [6.45, 7) is 4.02. The Morgan fingerprint density at radius 3 is 2.72 bits per heavy atom. The van der Waals surface area contributed by atoms with E-state index in [-0.39, 0.29) is 6.10 Å². The van der Waals surface area contributed by atoms with Gasteiger partial charge in [0.05, 0.1) is 0 Å². The van der Waals surface area contributed by atoms with Crippen molar-refractivity contribution in [2.45, 2.75) is 30.9 Å². The first-order valence-corrected chi connectivity index (χ1v) is 9.40. The van der Waals surface area contributed by atoms with Gasteiger partial charge in [-0.05, 0) is 43.2 Å². The van der Waals surface area contributed by atoms with E-state index in [1.54, 1.807) is 11.8 Å². The lowest BCUT2D eigenvalue weighted by Crippen LogP contribution is -2.10. The molecule has 1 heterocycles. The van der Waals surface area contributed by atoms with Gasteiger partial charge >= 0.3 is 0 Å². The highest BCUT2D eigenvalue weighted by Crippen LogP contribution is 2.27. The molecule has 4 nitrogen and oxygen atoms in total. The molecule has 1 unspecified atom stereocenters. The third kappa shape index (κ3) is 4.35.